The number of nitrogens with two attached hydrogens (primary N) is 1. The van der Waals surface area contributed by atoms with E-state index in [9.17, 15) is 4.79 Å². The normalized spacial score (nSPS) is 23.9. The van der Waals surface area contributed by atoms with Crippen LogP contribution in [0.1, 0.15) is 29.9 Å². The Morgan fingerprint density at radius 2 is 2.32 bits per heavy atom. The van der Waals surface area contributed by atoms with E-state index in [0.717, 1.165) is 36.4 Å². The Morgan fingerprint density at radius 3 is 2.84 bits per heavy atom. The molecule has 1 aromatic rings. The second-order valence-electron chi connectivity index (χ2n) is 5.16. The van der Waals surface area contributed by atoms with Gasteiger partial charge in [0.15, 0.2) is 0 Å². The highest BCUT2D eigenvalue weighted by Crippen LogP contribution is 2.32. The van der Waals surface area contributed by atoms with Gasteiger partial charge < -0.3 is 15.0 Å². The number of carbonyl (C=O) groups excluding carboxylic acids is 1. The zero-order valence-corrected chi connectivity index (χ0v) is 11.7. The van der Waals surface area contributed by atoms with Gasteiger partial charge in [0.05, 0.1) is 12.3 Å². The van der Waals surface area contributed by atoms with Crippen LogP contribution in [0.15, 0.2) is 4.52 Å². The minimum absolute atomic E-state index is 0.321. The molecule has 1 atom stereocenters. The number of primary amides is 1. The first-order valence-electron chi connectivity index (χ1n) is 6.47. The molecule has 0 bridgehead atoms. The van der Waals surface area contributed by atoms with Crippen LogP contribution in [0.25, 0.3) is 0 Å². The van der Waals surface area contributed by atoms with Gasteiger partial charge in [-0.05, 0) is 33.2 Å². The summed E-state index contributed by atoms with van der Waals surface area (Å²) in [5.41, 5.74) is 6.80. The van der Waals surface area contributed by atoms with Crippen LogP contribution in [0.2, 0.25) is 0 Å². The molecule has 6 heteroatoms. The second kappa shape index (κ2) is 5.30. The van der Waals surface area contributed by atoms with E-state index in [1.165, 1.54) is 0 Å². The zero-order chi connectivity index (χ0) is 14.0. The Bertz CT molecular complexity index is 452. The van der Waals surface area contributed by atoms with Gasteiger partial charge in [-0.25, -0.2) is 0 Å². The minimum Gasteiger partial charge on any atom is -0.382 e. The van der Waals surface area contributed by atoms with Gasteiger partial charge in [0.1, 0.15) is 11.3 Å². The molecule has 0 radical (unpaired) electrons. The van der Waals surface area contributed by atoms with Crippen LogP contribution in [0, 0.1) is 13.8 Å². The molecule has 6 nitrogen and oxygen atoms in total. The van der Waals surface area contributed by atoms with Crippen LogP contribution in [-0.4, -0.2) is 41.8 Å². The van der Waals surface area contributed by atoms with E-state index >= 15 is 0 Å². The largest absolute Gasteiger partial charge is 0.382 e. The van der Waals surface area contributed by atoms with Gasteiger partial charge in [0, 0.05) is 19.2 Å². The molecule has 1 unspecified atom stereocenters. The van der Waals surface area contributed by atoms with E-state index in [1.54, 1.807) is 7.11 Å². The number of methoxy groups -OCH3 is 1. The van der Waals surface area contributed by atoms with Crippen molar-refractivity contribution in [2.75, 3.05) is 20.3 Å². The fraction of sp³-hybridized carbons (Fsp3) is 0.692. The van der Waals surface area contributed by atoms with Gasteiger partial charge in [-0.3, -0.25) is 9.69 Å². The van der Waals surface area contributed by atoms with E-state index in [4.69, 9.17) is 15.0 Å². The topological polar surface area (TPSA) is 81.6 Å². The van der Waals surface area contributed by atoms with Crippen molar-refractivity contribution >= 4 is 5.91 Å². The standard InChI is InChI=1S/C13H21N3O3/c1-9-11(10(2)19-15-9)7-16-6-4-5-13(16,8-18-3)12(14)17/h4-8H2,1-3H3,(H2,14,17). The molecule has 0 saturated carbocycles. The van der Waals surface area contributed by atoms with Crippen molar-refractivity contribution in [3.63, 3.8) is 0 Å². The lowest BCUT2D eigenvalue weighted by atomic mass is 9.95. The molecule has 0 aliphatic carbocycles. The molecular formula is C13H21N3O3. The average molecular weight is 267 g/mol. The van der Waals surface area contributed by atoms with E-state index < -0.39 is 5.54 Å². The van der Waals surface area contributed by atoms with Gasteiger partial charge in [-0.1, -0.05) is 5.16 Å². The number of hydrogen-bond donors (Lipinski definition) is 1. The lowest BCUT2D eigenvalue weighted by Crippen LogP contribution is -2.56. The fourth-order valence-corrected chi connectivity index (χ4v) is 2.84. The first-order chi connectivity index (χ1) is 9.01. The number of carbonyl (C=O) groups is 1. The van der Waals surface area contributed by atoms with Crippen LogP contribution in [-0.2, 0) is 16.1 Å². The van der Waals surface area contributed by atoms with Crippen molar-refractivity contribution in [3.05, 3.63) is 17.0 Å². The number of ether oxygens (including phenoxy) is 1. The zero-order valence-electron chi connectivity index (χ0n) is 11.7. The lowest BCUT2D eigenvalue weighted by molar-refractivity contribution is -0.132. The molecule has 2 N–H and O–H groups in total. The van der Waals surface area contributed by atoms with Crippen molar-refractivity contribution in [1.82, 2.24) is 10.1 Å². The molecule has 2 heterocycles. The summed E-state index contributed by atoms with van der Waals surface area (Å²) in [7, 11) is 1.59. The predicted octanol–water partition coefficient (Wildman–Crippen LogP) is 0.758. The van der Waals surface area contributed by atoms with Crippen LogP contribution < -0.4 is 5.73 Å². The minimum atomic E-state index is -0.703. The van der Waals surface area contributed by atoms with E-state index in [-0.39, 0.29) is 5.91 Å². The summed E-state index contributed by atoms with van der Waals surface area (Å²) in [6.45, 7) is 5.56. The number of nitrogens with zero attached hydrogens (tertiary/aromatic N) is 2. The molecule has 1 amide bonds. The summed E-state index contributed by atoms with van der Waals surface area (Å²) in [4.78, 5) is 14.0. The number of likely N-dealkylation sites (tertiary alicyclic amines) is 1. The highest BCUT2D eigenvalue weighted by atomic mass is 16.5. The van der Waals surface area contributed by atoms with E-state index in [2.05, 4.69) is 10.1 Å². The Balaban J connectivity index is 2.25. The second-order valence-corrected chi connectivity index (χ2v) is 5.16. The number of aryl methyl sites for hydroxylation is 2. The molecule has 1 aromatic heterocycles. The van der Waals surface area contributed by atoms with Crippen LogP contribution >= 0.6 is 0 Å². The molecule has 0 aromatic carbocycles. The molecule has 2 rings (SSSR count). The molecule has 0 spiro atoms. The summed E-state index contributed by atoms with van der Waals surface area (Å²) in [5.74, 6) is 0.471. The number of aromatic nitrogens is 1. The third-order valence-corrected chi connectivity index (χ3v) is 4.00. The average Bonchev–Trinajstić information content (AvgIpc) is 2.90. The van der Waals surface area contributed by atoms with Crippen LogP contribution in [0.5, 0.6) is 0 Å². The van der Waals surface area contributed by atoms with E-state index in [1.807, 2.05) is 13.8 Å². The summed E-state index contributed by atoms with van der Waals surface area (Å²) < 4.78 is 10.4. The fourth-order valence-electron chi connectivity index (χ4n) is 2.84. The molecule has 1 saturated heterocycles. The first kappa shape index (κ1) is 14.0. The third kappa shape index (κ3) is 2.37. The smallest absolute Gasteiger partial charge is 0.240 e. The Labute approximate surface area is 112 Å². The third-order valence-electron chi connectivity index (χ3n) is 4.00. The maximum absolute atomic E-state index is 11.9. The molecule has 1 fully saturated rings. The lowest BCUT2D eigenvalue weighted by Gasteiger charge is -2.35. The van der Waals surface area contributed by atoms with Gasteiger partial charge >= 0.3 is 0 Å². The summed E-state index contributed by atoms with van der Waals surface area (Å²) >= 11 is 0. The molecule has 1 aliphatic heterocycles. The Hall–Kier alpha value is -1.40. The maximum atomic E-state index is 11.9. The van der Waals surface area contributed by atoms with Crippen LogP contribution in [0.4, 0.5) is 0 Å². The highest BCUT2D eigenvalue weighted by Gasteiger charge is 2.46. The summed E-state index contributed by atoms with van der Waals surface area (Å²) in [5, 5.41) is 3.95. The van der Waals surface area contributed by atoms with Crippen LogP contribution in [0.3, 0.4) is 0 Å². The number of hydrogen-bond acceptors (Lipinski definition) is 5. The monoisotopic (exact) mass is 267 g/mol. The molecule has 1 aliphatic rings. The first-order valence-corrected chi connectivity index (χ1v) is 6.47. The highest BCUT2D eigenvalue weighted by molar-refractivity contribution is 5.85. The van der Waals surface area contributed by atoms with E-state index in [0.29, 0.717) is 13.2 Å². The molecular weight excluding hydrogens is 246 g/mol. The van der Waals surface area contributed by atoms with Crippen molar-refractivity contribution in [2.24, 2.45) is 5.73 Å². The number of amides is 1. The summed E-state index contributed by atoms with van der Waals surface area (Å²) in [6, 6.07) is 0. The van der Waals surface area contributed by atoms with Crippen molar-refractivity contribution in [1.29, 1.82) is 0 Å². The Kier molecular flexibility index (Phi) is 3.91. The SMILES string of the molecule is COCC1(C(N)=O)CCCN1Cc1c(C)noc1C. The van der Waals surface area contributed by atoms with Gasteiger partial charge in [0.25, 0.3) is 0 Å². The van der Waals surface area contributed by atoms with Crippen molar-refractivity contribution < 1.29 is 14.1 Å². The predicted molar refractivity (Wildman–Crippen MR) is 69.4 cm³/mol. The van der Waals surface area contributed by atoms with Gasteiger partial charge in [-0.15, -0.1) is 0 Å². The number of rotatable bonds is 5. The van der Waals surface area contributed by atoms with Gasteiger partial charge in [-0.2, -0.15) is 0 Å². The Morgan fingerprint density at radius 1 is 1.58 bits per heavy atom. The quantitative estimate of drug-likeness (QED) is 0.851. The van der Waals surface area contributed by atoms with Crippen molar-refractivity contribution in [2.45, 2.75) is 38.8 Å². The summed E-state index contributed by atoms with van der Waals surface area (Å²) in [6.07, 6.45) is 1.68. The van der Waals surface area contributed by atoms with Crippen molar-refractivity contribution in [3.8, 4) is 0 Å². The molecule has 19 heavy (non-hydrogen) atoms. The van der Waals surface area contributed by atoms with Gasteiger partial charge in [0.2, 0.25) is 5.91 Å². The maximum Gasteiger partial charge on any atom is 0.240 e. The molecule has 106 valence electrons.